The second kappa shape index (κ2) is 5.98. The summed E-state index contributed by atoms with van der Waals surface area (Å²) >= 11 is 0. The van der Waals surface area contributed by atoms with Crippen LogP contribution in [0, 0.1) is 11.5 Å². The highest BCUT2D eigenvalue weighted by molar-refractivity contribution is 6.83. The smallest absolute Gasteiger partial charge is 0.387 e. The highest BCUT2D eigenvalue weighted by Crippen LogP contribution is 2.21. The fourth-order valence-electron chi connectivity index (χ4n) is 1.29. The van der Waals surface area contributed by atoms with Crippen molar-refractivity contribution in [2.75, 3.05) is 0 Å². The molecule has 0 saturated heterocycles. The molecule has 98 valence electrons. The lowest BCUT2D eigenvalue weighted by Gasteiger charge is -2.09. The van der Waals surface area contributed by atoms with E-state index in [1.165, 1.54) is 6.07 Å². The zero-order valence-electron chi connectivity index (χ0n) is 10.8. The second-order valence-electron chi connectivity index (χ2n) is 4.91. The van der Waals surface area contributed by atoms with Crippen LogP contribution in [0.25, 0.3) is 0 Å². The largest absolute Gasteiger partial charge is 0.434 e. The second-order valence-corrected chi connectivity index (χ2v) is 9.66. The minimum absolute atomic E-state index is 0.117. The summed E-state index contributed by atoms with van der Waals surface area (Å²) in [7, 11) is -1.45. The van der Waals surface area contributed by atoms with Gasteiger partial charge in [0.05, 0.1) is 0 Å². The predicted octanol–water partition coefficient (Wildman–Crippen LogP) is 2.98. The lowest BCUT2D eigenvalue weighted by atomic mass is 10.1. The van der Waals surface area contributed by atoms with Crippen molar-refractivity contribution in [3.05, 3.63) is 29.3 Å². The average molecular weight is 269 g/mol. The fourth-order valence-corrected chi connectivity index (χ4v) is 1.81. The van der Waals surface area contributed by atoms with Crippen LogP contribution in [-0.4, -0.2) is 14.7 Å². The van der Waals surface area contributed by atoms with E-state index < -0.39 is 14.7 Å². The van der Waals surface area contributed by atoms with Gasteiger partial charge in [-0.3, -0.25) is 0 Å². The third-order valence-corrected chi connectivity index (χ3v) is 2.95. The Morgan fingerprint density at radius 2 is 2.00 bits per heavy atom. The van der Waals surface area contributed by atoms with Crippen molar-refractivity contribution in [3.8, 4) is 17.2 Å². The van der Waals surface area contributed by atoms with E-state index in [0.29, 0.717) is 5.56 Å². The molecular weight excluding hydrogens is 252 g/mol. The van der Waals surface area contributed by atoms with Crippen molar-refractivity contribution < 1.29 is 13.5 Å². The number of rotatable bonds is 3. The SMILES string of the molecule is C[Si](C)(C)C#Cc1ccc(OC(F)F)c(CN)c1. The maximum absolute atomic E-state index is 12.2. The van der Waals surface area contributed by atoms with Crippen molar-refractivity contribution in [3.63, 3.8) is 0 Å². The first-order chi connectivity index (χ1) is 8.31. The minimum Gasteiger partial charge on any atom is -0.434 e. The molecule has 5 heteroatoms. The number of benzene rings is 1. The van der Waals surface area contributed by atoms with Gasteiger partial charge in [-0.05, 0) is 18.2 Å². The molecule has 0 saturated carbocycles. The maximum atomic E-state index is 12.2. The van der Waals surface area contributed by atoms with Crippen molar-refractivity contribution in [1.29, 1.82) is 0 Å². The highest BCUT2D eigenvalue weighted by atomic mass is 28.3. The van der Waals surface area contributed by atoms with Gasteiger partial charge in [-0.2, -0.15) is 8.78 Å². The number of hydrogen-bond acceptors (Lipinski definition) is 2. The van der Waals surface area contributed by atoms with Gasteiger partial charge in [-0.25, -0.2) is 0 Å². The minimum atomic E-state index is -2.84. The molecule has 0 heterocycles. The van der Waals surface area contributed by atoms with Gasteiger partial charge in [0.25, 0.3) is 0 Å². The lowest BCUT2D eigenvalue weighted by Crippen LogP contribution is -2.16. The van der Waals surface area contributed by atoms with E-state index in [4.69, 9.17) is 5.73 Å². The average Bonchev–Trinajstić information content (AvgIpc) is 2.26. The van der Waals surface area contributed by atoms with Crippen LogP contribution < -0.4 is 10.5 Å². The number of nitrogens with two attached hydrogens (primary N) is 1. The molecule has 1 aromatic carbocycles. The van der Waals surface area contributed by atoms with Crippen molar-refractivity contribution in [2.24, 2.45) is 5.73 Å². The molecule has 0 spiro atoms. The summed E-state index contributed by atoms with van der Waals surface area (Å²) in [6.07, 6.45) is 0. The Morgan fingerprint density at radius 1 is 1.33 bits per heavy atom. The number of hydrogen-bond donors (Lipinski definition) is 1. The highest BCUT2D eigenvalue weighted by Gasteiger charge is 2.10. The summed E-state index contributed by atoms with van der Waals surface area (Å²) in [4.78, 5) is 0. The van der Waals surface area contributed by atoms with Crippen LogP contribution in [0.5, 0.6) is 5.75 Å². The molecule has 2 N–H and O–H groups in total. The third kappa shape index (κ3) is 4.86. The van der Waals surface area contributed by atoms with E-state index in [-0.39, 0.29) is 12.3 Å². The van der Waals surface area contributed by atoms with Crippen LogP contribution >= 0.6 is 0 Å². The molecule has 0 aliphatic heterocycles. The predicted molar refractivity (Wildman–Crippen MR) is 71.2 cm³/mol. The Kier molecular flexibility index (Phi) is 4.88. The molecule has 2 nitrogen and oxygen atoms in total. The molecule has 0 atom stereocenters. The van der Waals surface area contributed by atoms with Gasteiger partial charge >= 0.3 is 6.61 Å². The van der Waals surface area contributed by atoms with Crippen molar-refractivity contribution >= 4 is 8.07 Å². The number of alkyl halides is 2. The van der Waals surface area contributed by atoms with Gasteiger partial charge in [-0.15, -0.1) is 5.54 Å². The molecule has 1 rings (SSSR count). The van der Waals surface area contributed by atoms with Gasteiger partial charge in [0, 0.05) is 17.7 Å². The zero-order chi connectivity index (χ0) is 13.8. The van der Waals surface area contributed by atoms with Crippen molar-refractivity contribution in [2.45, 2.75) is 32.8 Å². The Balaban J connectivity index is 3.01. The van der Waals surface area contributed by atoms with Crippen LogP contribution in [0.3, 0.4) is 0 Å². The number of ether oxygens (including phenoxy) is 1. The molecule has 18 heavy (non-hydrogen) atoms. The molecular formula is C13H17F2NOSi. The molecule has 0 aromatic heterocycles. The van der Waals surface area contributed by atoms with Crippen LogP contribution in [0.15, 0.2) is 18.2 Å². The molecule has 0 amide bonds. The molecule has 0 aliphatic rings. The first-order valence-electron chi connectivity index (χ1n) is 5.63. The Labute approximate surface area is 107 Å². The Bertz CT molecular complexity index is 472. The summed E-state index contributed by atoms with van der Waals surface area (Å²) < 4.78 is 28.7. The van der Waals surface area contributed by atoms with Crippen LogP contribution in [0.4, 0.5) is 8.78 Å². The summed E-state index contributed by atoms with van der Waals surface area (Å²) in [6, 6.07) is 4.86. The summed E-state index contributed by atoms with van der Waals surface area (Å²) in [5, 5.41) is 0. The summed E-state index contributed by atoms with van der Waals surface area (Å²) in [5.74, 6) is 3.17. The first-order valence-corrected chi connectivity index (χ1v) is 9.13. The van der Waals surface area contributed by atoms with E-state index in [9.17, 15) is 8.78 Å². The zero-order valence-corrected chi connectivity index (χ0v) is 11.8. The molecule has 1 aromatic rings. The topological polar surface area (TPSA) is 35.2 Å². The van der Waals surface area contributed by atoms with E-state index in [2.05, 4.69) is 35.8 Å². The lowest BCUT2D eigenvalue weighted by molar-refractivity contribution is -0.0504. The van der Waals surface area contributed by atoms with E-state index >= 15 is 0 Å². The van der Waals surface area contributed by atoms with Crippen LogP contribution in [-0.2, 0) is 6.54 Å². The third-order valence-electron chi connectivity index (χ3n) is 2.08. The van der Waals surface area contributed by atoms with Crippen molar-refractivity contribution in [1.82, 2.24) is 0 Å². The molecule has 0 aliphatic carbocycles. The Morgan fingerprint density at radius 3 is 2.50 bits per heavy atom. The number of halogens is 2. The maximum Gasteiger partial charge on any atom is 0.387 e. The monoisotopic (exact) mass is 269 g/mol. The van der Waals surface area contributed by atoms with Crippen LogP contribution in [0.2, 0.25) is 19.6 Å². The van der Waals surface area contributed by atoms with Gasteiger partial charge < -0.3 is 10.5 Å². The van der Waals surface area contributed by atoms with Gasteiger partial charge in [0.2, 0.25) is 0 Å². The fraction of sp³-hybridized carbons (Fsp3) is 0.385. The van der Waals surface area contributed by atoms with E-state index in [1.54, 1.807) is 12.1 Å². The summed E-state index contributed by atoms with van der Waals surface area (Å²) in [6.45, 7) is 3.72. The first kappa shape index (κ1) is 14.7. The van der Waals surface area contributed by atoms with Gasteiger partial charge in [0.15, 0.2) is 0 Å². The normalized spacial score (nSPS) is 11.1. The molecule has 0 unspecified atom stereocenters. The van der Waals surface area contributed by atoms with E-state index in [1.807, 2.05) is 0 Å². The molecule has 0 radical (unpaired) electrons. The summed E-state index contributed by atoms with van der Waals surface area (Å²) in [5.41, 5.74) is 10.0. The standard InChI is InChI=1S/C13H17F2NOSi/c1-18(2,3)7-6-10-4-5-12(17-13(14)15)11(8-10)9-16/h4-5,8,13H,9,16H2,1-3H3. The molecule has 0 fully saturated rings. The van der Waals surface area contributed by atoms with E-state index in [0.717, 1.165) is 5.56 Å². The Hall–Kier alpha value is -1.38. The van der Waals surface area contributed by atoms with Gasteiger partial charge in [0.1, 0.15) is 13.8 Å². The quantitative estimate of drug-likeness (QED) is 0.676. The molecule has 0 bridgehead atoms. The van der Waals surface area contributed by atoms with Gasteiger partial charge in [-0.1, -0.05) is 25.6 Å². The van der Waals surface area contributed by atoms with Crippen LogP contribution in [0.1, 0.15) is 11.1 Å².